The minimum atomic E-state index is -0.633. The molecule has 2 rings (SSSR count). The van der Waals surface area contributed by atoms with Crippen LogP contribution in [0.3, 0.4) is 0 Å². The Bertz CT molecular complexity index is 765. The van der Waals surface area contributed by atoms with E-state index in [-0.39, 0.29) is 30.3 Å². The lowest BCUT2D eigenvalue weighted by atomic mass is 9.98. The first kappa shape index (κ1) is 20.9. The predicted molar refractivity (Wildman–Crippen MR) is 108 cm³/mol. The first-order chi connectivity index (χ1) is 12.9. The SMILES string of the molecule is CC(C)[C@H](N)C(=O)NCC(=O)NC(Cc1ccccc1Cl)c1ccccc1. The van der Waals surface area contributed by atoms with Crippen molar-refractivity contribution >= 4 is 23.4 Å². The van der Waals surface area contributed by atoms with E-state index in [1.165, 1.54) is 0 Å². The van der Waals surface area contributed by atoms with E-state index in [9.17, 15) is 9.59 Å². The van der Waals surface area contributed by atoms with Gasteiger partial charge in [-0.05, 0) is 29.5 Å². The molecule has 4 N–H and O–H groups in total. The summed E-state index contributed by atoms with van der Waals surface area (Å²) in [5.41, 5.74) is 7.71. The highest BCUT2D eigenvalue weighted by molar-refractivity contribution is 6.31. The molecule has 0 heterocycles. The third-order valence-electron chi connectivity index (χ3n) is 4.36. The number of halogens is 1. The van der Waals surface area contributed by atoms with Crippen molar-refractivity contribution < 1.29 is 9.59 Å². The molecule has 0 saturated carbocycles. The molecule has 6 heteroatoms. The monoisotopic (exact) mass is 387 g/mol. The van der Waals surface area contributed by atoms with Crippen LogP contribution in [0, 0.1) is 5.92 Å². The standard InChI is InChI=1S/C21H26ClN3O2/c1-14(2)20(23)21(27)24-13-19(26)25-18(15-8-4-3-5-9-15)12-16-10-6-7-11-17(16)22/h3-11,14,18,20H,12-13,23H2,1-2H3,(H,24,27)(H,25,26)/t18?,20-/m0/s1. The number of carbonyl (C=O) groups is 2. The van der Waals surface area contributed by atoms with Crippen molar-refractivity contribution in [1.29, 1.82) is 0 Å². The number of nitrogens with one attached hydrogen (secondary N) is 2. The van der Waals surface area contributed by atoms with Crippen molar-refractivity contribution in [2.75, 3.05) is 6.54 Å². The van der Waals surface area contributed by atoms with Crippen LogP contribution in [0.2, 0.25) is 5.02 Å². The van der Waals surface area contributed by atoms with Gasteiger partial charge in [-0.2, -0.15) is 0 Å². The Balaban J connectivity index is 2.05. The maximum Gasteiger partial charge on any atom is 0.239 e. The van der Waals surface area contributed by atoms with Gasteiger partial charge in [0.05, 0.1) is 18.6 Å². The molecule has 0 spiro atoms. The molecule has 0 aliphatic carbocycles. The average Bonchev–Trinajstić information content (AvgIpc) is 2.67. The Labute approximate surface area is 165 Å². The van der Waals surface area contributed by atoms with E-state index in [4.69, 9.17) is 17.3 Å². The van der Waals surface area contributed by atoms with Gasteiger partial charge in [0.15, 0.2) is 0 Å². The summed E-state index contributed by atoms with van der Waals surface area (Å²) in [4.78, 5) is 24.3. The van der Waals surface area contributed by atoms with Crippen molar-refractivity contribution in [3.05, 3.63) is 70.7 Å². The molecule has 0 bridgehead atoms. The summed E-state index contributed by atoms with van der Waals surface area (Å²) in [6, 6.07) is 16.3. The number of amides is 2. The number of nitrogens with two attached hydrogens (primary N) is 1. The summed E-state index contributed by atoms with van der Waals surface area (Å²) in [6.07, 6.45) is 0.550. The number of hydrogen-bond acceptors (Lipinski definition) is 3. The molecule has 0 aromatic heterocycles. The van der Waals surface area contributed by atoms with E-state index in [2.05, 4.69) is 10.6 Å². The summed E-state index contributed by atoms with van der Waals surface area (Å²) >= 11 is 6.28. The number of benzene rings is 2. The number of hydrogen-bond donors (Lipinski definition) is 3. The van der Waals surface area contributed by atoms with Crippen LogP contribution in [0.1, 0.15) is 31.0 Å². The third kappa shape index (κ3) is 6.38. The predicted octanol–water partition coefficient (Wildman–Crippen LogP) is 2.84. The summed E-state index contributed by atoms with van der Waals surface area (Å²) in [5, 5.41) is 6.23. The van der Waals surface area contributed by atoms with E-state index < -0.39 is 6.04 Å². The van der Waals surface area contributed by atoms with E-state index in [0.29, 0.717) is 11.4 Å². The molecule has 2 atom stereocenters. The van der Waals surface area contributed by atoms with E-state index in [1.807, 2.05) is 68.4 Å². The summed E-state index contributed by atoms with van der Waals surface area (Å²) in [7, 11) is 0. The zero-order valence-corrected chi connectivity index (χ0v) is 16.4. The van der Waals surface area contributed by atoms with Crippen molar-refractivity contribution in [3.63, 3.8) is 0 Å². The normalized spacial score (nSPS) is 13.1. The molecule has 5 nitrogen and oxygen atoms in total. The van der Waals surface area contributed by atoms with Crippen LogP contribution in [0.15, 0.2) is 54.6 Å². The van der Waals surface area contributed by atoms with Gasteiger partial charge in [0.1, 0.15) is 0 Å². The second-order valence-electron chi connectivity index (χ2n) is 6.81. The lowest BCUT2D eigenvalue weighted by molar-refractivity contribution is -0.127. The fourth-order valence-electron chi connectivity index (χ4n) is 2.65. The molecule has 144 valence electrons. The van der Waals surface area contributed by atoms with Gasteiger partial charge in [0.2, 0.25) is 11.8 Å². The molecule has 0 aliphatic heterocycles. The van der Waals surface area contributed by atoms with Gasteiger partial charge in [-0.15, -0.1) is 0 Å². The number of rotatable bonds is 8. The van der Waals surface area contributed by atoms with Crippen LogP contribution in [-0.4, -0.2) is 24.4 Å². The molecule has 1 unspecified atom stereocenters. The second-order valence-corrected chi connectivity index (χ2v) is 7.22. The van der Waals surface area contributed by atoms with Gasteiger partial charge in [0.25, 0.3) is 0 Å². The summed E-state index contributed by atoms with van der Waals surface area (Å²) in [5.74, 6) is -0.604. The molecule has 27 heavy (non-hydrogen) atoms. The van der Waals surface area contributed by atoms with Gasteiger partial charge < -0.3 is 16.4 Å². The fraction of sp³-hybridized carbons (Fsp3) is 0.333. The fourth-order valence-corrected chi connectivity index (χ4v) is 2.87. The molecule has 0 fully saturated rings. The Kier molecular flexibility index (Phi) is 7.82. The molecular weight excluding hydrogens is 362 g/mol. The van der Waals surface area contributed by atoms with Gasteiger partial charge in [0, 0.05) is 5.02 Å². The smallest absolute Gasteiger partial charge is 0.239 e. The van der Waals surface area contributed by atoms with Crippen molar-refractivity contribution in [2.24, 2.45) is 11.7 Å². The third-order valence-corrected chi connectivity index (χ3v) is 4.73. The van der Waals surface area contributed by atoms with Crippen LogP contribution in [-0.2, 0) is 16.0 Å². The Morgan fingerprint density at radius 1 is 1.04 bits per heavy atom. The van der Waals surface area contributed by atoms with Crippen molar-refractivity contribution in [2.45, 2.75) is 32.4 Å². The molecule has 2 amide bonds. The van der Waals surface area contributed by atoms with Gasteiger partial charge in [-0.25, -0.2) is 0 Å². The first-order valence-corrected chi connectivity index (χ1v) is 9.37. The quantitative estimate of drug-likeness (QED) is 0.651. The minimum absolute atomic E-state index is 0.00495. The van der Waals surface area contributed by atoms with Crippen LogP contribution in [0.5, 0.6) is 0 Å². The van der Waals surface area contributed by atoms with Gasteiger partial charge in [-0.1, -0.05) is 74.0 Å². The maximum absolute atomic E-state index is 12.4. The van der Waals surface area contributed by atoms with Gasteiger partial charge >= 0.3 is 0 Å². The minimum Gasteiger partial charge on any atom is -0.347 e. The first-order valence-electron chi connectivity index (χ1n) is 8.99. The average molecular weight is 388 g/mol. The highest BCUT2D eigenvalue weighted by Gasteiger charge is 2.20. The highest BCUT2D eigenvalue weighted by Crippen LogP contribution is 2.23. The maximum atomic E-state index is 12.4. The molecule has 0 saturated heterocycles. The highest BCUT2D eigenvalue weighted by atomic mass is 35.5. The zero-order valence-electron chi connectivity index (χ0n) is 15.6. The summed E-state index contributed by atoms with van der Waals surface area (Å²) in [6.45, 7) is 3.60. The van der Waals surface area contributed by atoms with E-state index in [1.54, 1.807) is 0 Å². The summed E-state index contributed by atoms with van der Waals surface area (Å²) < 4.78 is 0. The lowest BCUT2D eigenvalue weighted by Gasteiger charge is -2.21. The lowest BCUT2D eigenvalue weighted by Crippen LogP contribution is -2.47. The topological polar surface area (TPSA) is 84.2 Å². The zero-order chi connectivity index (χ0) is 19.8. The van der Waals surface area contributed by atoms with E-state index in [0.717, 1.165) is 11.1 Å². The largest absolute Gasteiger partial charge is 0.347 e. The van der Waals surface area contributed by atoms with Crippen molar-refractivity contribution in [1.82, 2.24) is 10.6 Å². The molecule has 2 aromatic rings. The molecule has 0 aliphatic rings. The number of carbonyl (C=O) groups excluding carboxylic acids is 2. The Hall–Kier alpha value is -2.37. The van der Waals surface area contributed by atoms with Crippen LogP contribution < -0.4 is 16.4 Å². The molecule has 2 aromatic carbocycles. The second kappa shape index (κ2) is 10.1. The van der Waals surface area contributed by atoms with Crippen LogP contribution in [0.25, 0.3) is 0 Å². The van der Waals surface area contributed by atoms with E-state index >= 15 is 0 Å². The van der Waals surface area contributed by atoms with Crippen molar-refractivity contribution in [3.8, 4) is 0 Å². The van der Waals surface area contributed by atoms with Crippen LogP contribution in [0.4, 0.5) is 0 Å². The van der Waals surface area contributed by atoms with Gasteiger partial charge in [-0.3, -0.25) is 9.59 Å². The molecule has 0 radical (unpaired) electrons. The molecular formula is C21H26ClN3O2. The van der Waals surface area contributed by atoms with Crippen LogP contribution >= 0.6 is 11.6 Å². The Morgan fingerprint density at radius 2 is 1.67 bits per heavy atom. The Morgan fingerprint density at radius 3 is 2.30 bits per heavy atom.